The van der Waals surface area contributed by atoms with Crippen LogP contribution in [0.1, 0.15) is 27.7 Å². The third-order valence-electron chi connectivity index (χ3n) is 1.47. The molecule has 0 spiro atoms. The van der Waals surface area contributed by atoms with Crippen LogP contribution in [0.4, 0.5) is 0 Å². The van der Waals surface area contributed by atoms with Crippen LogP contribution in [0.25, 0.3) is 0 Å². The van der Waals surface area contributed by atoms with Crippen LogP contribution >= 0.6 is 12.4 Å². The molecule has 0 aromatic carbocycles. The highest BCUT2D eigenvalue weighted by atomic mass is 35.5. The quantitative estimate of drug-likeness (QED) is 0.677. The average molecular weight is 196 g/mol. The van der Waals surface area contributed by atoms with E-state index in [-0.39, 0.29) is 23.8 Å². The molecule has 2 N–H and O–H groups in total. The fourth-order valence-electron chi connectivity index (χ4n) is 0.586. The Morgan fingerprint density at radius 1 is 1.50 bits per heavy atom. The highest BCUT2D eigenvalue weighted by molar-refractivity contribution is 5.85. The lowest BCUT2D eigenvalue weighted by Gasteiger charge is -2.24. The van der Waals surface area contributed by atoms with E-state index in [1.165, 1.54) is 0 Å². The van der Waals surface area contributed by atoms with Gasteiger partial charge in [-0.2, -0.15) is 0 Å². The second-order valence-electron chi connectivity index (χ2n) is 3.60. The molecule has 1 unspecified atom stereocenters. The summed E-state index contributed by atoms with van der Waals surface area (Å²) in [5.74, 6) is -0.319. The van der Waals surface area contributed by atoms with Gasteiger partial charge in [-0.1, -0.05) is 20.8 Å². The summed E-state index contributed by atoms with van der Waals surface area (Å²) in [6, 6.07) is -0.526. The molecule has 12 heavy (non-hydrogen) atoms. The molecule has 0 radical (unpaired) electrons. The van der Waals surface area contributed by atoms with Crippen molar-refractivity contribution in [3.8, 4) is 0 Å². The Bertz CT molecular complexity index is 142. The van der Waals surface area contributed by atoms with E-state index in [0.717, 1.165) is 0 Å². The highest BCUT2D eigenvalue weighted by Gasteiger charge is 2.28. The zero-order valence-corrected chi connectivity index (χ0v) is 8.90. The minimum Gasteiger partial charge on any atom is -0.465 e. The van der Waals surface area contributed by atoms with Gasteiger partial charge in [0.1, 0.15) is 6.04 Å². The number of rotatable bonds is 2. The minimum atomic E-state index is -0.526. The van der Waals surface area contributed by atoms with Crippen LogP contribution in [0, 0.1) is 5.41 Å². The Morgan fingerprint density at radius 2 is 1.92 bits per heavy atom. The predicted octanol–water partition coefficient (Wildman–Crippen LogP) is 1.34. The lowest BCUT2D eigenvalue weighted by atomic mass is 9.87. The Balaban J connectivity index is 0. The molecular formula is C8H18ClNO2. The van der Waals surface area contributed by atoms with Crippen LogP contribution in [0.15, 0.2) is 0 Å². The normalized spacial score (nSPS) is 13.1. The van der Waals surface area contributed by atoms with Gasteiger partial charge in [0.05, 0.1) is 6.61 Å². The number of carbonyl (C=O) groups excluding carboxylic acids is 1. The molecule has 0 saturated carbocycles. The minimum absolute atomic E-state index is 0. The number of esters is 1. The maximum atomic E-state index is 11.0. The summed E-state index contributed by atoms with van der Waals surface area (Å²) in [4.78, 5) is 11.0. The second-order valence-corrected chi connectivity index (χ2v) is 3.60. The van der Waals surface area contributed by atoms with Gasteiger partial charge in [0.2, 0.25) is 0 Å². The summed E-state index contributed by atoms with van der Waals surface area (Å²) >= 11 is 0. The first-order chi connectivity index (χ1) is 4.89. The van der Waals surface area contributed by atoms with Gasteiger partial charge in [0, 0.05) is 0 Å². The molecule has 0 aromatic rings. The Hall–Kier alpha value is -0.280. The molecule has 0 amide bonds. The number of halogens is 1. The van der Waals surface area contributed by atoms with Crippen molar-refractivity contribution in [3.63, 3.8) is 0 Å². The van der Waals surface area contributed by atoms with E-state index < -0.39 is 6.04 Å². The zero-order chi connectivity index (χ0) is 9.07. The molecule has 0 bridgehead atoms. The van der Waals surface area contributed by atoms with Crippen molar-refractivity contribution >= 4 is 18.4 Å². The molecule has 0 aliphatic heterocycles. The lowest BCUT2D eigenvalue weighted by molar-refractivity contribution is -0.147. The molecule has 0 fully saturated rings. The van der Waals surface area contributed by atoms with Crippen LogP contribution < -0.4 is 5.73 Å². The van der Waals surface area contributed by atoms with Crippen LogP contribution in [-0.2, 0) is 9.53 Å². The number of nitrogens with two attached hydrogens (primary N) is 1. The van der Waals surface area contributed by atoms with Gasteiger partial charge in [0.25, 0.3) is 0 Å². The van der Waals surface area contributed by atoms with E-state index >= 15 is 0 Å². The van der Waals surface area contributed by atoms with Gasteiger partial charge in [0.15, 0.2) is 0 Å². The summed E-state index contributed by atoms with van der Waals surface area (Å²) < 4.78 is 4.77. The van der Waals surface area contributed by atoms with Gasteiger partial charge in [-0.25, -0.2) is 0 Å². The average Bonchev–Trinajstić information content (AvgIpc) is 1.85. The van der Waals surface area contributed by atoms with Crippen molar-refractivity contribution in [2.45, 2.75) is 33.7 Å². The van der Waals surface area contributed by atoms with Crippen molar-refractivity contribution in [3.05, 3.63) is 0 Å². The van der Waals surface area contributed by atoms with Crippen LogP contribution in [-0.4, -0.2) is 18.6 Å². The van der Waals surface area contributed by atoms with E-state index in [1.807, 2.05) is 20.8 Å². The summed E-state index contributed by atoms with van der Waals surface area (Å²) in [6.45, 7) is 7.90. The SMILES string of the molecule is CCOC(=O)C(N)C(C)(C)C.Cl. The second kappa shape index (κ2) is 5.38. The smallest absolute Gasteiger partial charge is 0.323 e. The van der Waals surface area contributed by atoms with Crippen LogP contribution in [0.2, 0.25) is 0 Å². The molecule has 3 nitrogen and oxygen atoms in total. The van der Waals surface area contributed by atoms with Crippen molar-refractivity contribution in [2.75, 3.05) is 6.61 Å². The molecule has 74 valence electrons. The molecule has 0 aliphatic rings. The number of carbonyl (C=O) groups is 1. The fraction of sp³-hybridized carbons (Fsp3) is 0.875. The fourth-order valence-corrected chi connectivity index (χ4v) is 0.586. The summed E-state index contributed by atoms with van der Waals surface area (Å²) in [5.41, 5.74) is 5.39. The lowest BCUT2D eigenvalue weighted by Crippen LogP contribution is -2.43. The maximum absolute atomic E-state index is 11.0. The van der Waals surface area contributed by atoms with Crippen LogP contribution in [0.3, 0.4) is 0 Å². The third-order valence-corrected chi connectivity index (χ3v) is 1.47. The summed E-state index contributed by atoms with van der Waals surface area (Å²) in [6.07, 6.45) is 0. The summed E-state index contributed by atoms with van der Waals surface area (Å²) in [7, 11) is 0. The van der Waals surface area contributed by atoms with Gasteiger partial charge >= 0.3 is 5.97 Å². The highest BCUT2D eigenvalue weighted by Crippen LogP contribution is 2.17. The zero-order valence-electron chi connectivity index (χ0n) is 8.09. The van der Waals surface area contributed by atoms with Crippen LogP contribution in [0.5, 0.6) is 0 Å². The molecule has 0 heterocycles. The number of ether oxygens (including phenoxy) is 1. The van der Waals surface area contributed by atoms with E-state index in [4.69, 9.17) is 10.5 Å². The molecule has 0 rings (SSSR count). The third kappa shape index (κ3) is 4.57. The van der Waals surface area contributed by atoms with Crippen molar-refractivity contribution in [1.29, 1.82) is 0 Å². The van der Waals surface area contributed by atoms with E-state index in [1.54, 1.807) is 6.92 Å². The van der Waals surface area contributed by atoms with Crippen molar-refractivity contribution in [2.24, 2.45) is 11.1 Å². The first-order valence-electron chi connectivity index (χ1n) is 3.81. The standard InChI is InChI=1S/C8H17NO2.ClH/c1-5-11-7(10)6(9)8(2,3)4;/h6H,5,9H2,1-4H3;1H. The maximum Gasteiger partial charge on any atom is 0.323 e. The molecule has 0 saturated heterocycles. The Labute approximate surface area is 80.1 Å². The first-order valence-corrected chi connectivity index (χ1v) is 3.81. The topological polar surface area (TPSA) is 52.3 Å². The molecule has 0 aliphatic carbocycles. The van der Waals surface area contributed by atoms with Gasteiger partial charge < -0.3 is 10.5 Å². The van der Waals surface area contributed by atoms with Crippen molar-refractivity contribution in [1.82, 2.24) is 0 Å². The largest absolute Gasteiger partial charge is 0.465 e. The summed E-state index contributed by atoms with van der Waals surface area (Å²) in [5, 5.41) is 0. The molecular weight excluding hydrogens is 178 g/mol. The van der Waals surface area contributed by atoms with E-state index in [9.17, 15) is 4.79 Å². The number of hydrogen-bond acceptors (Lipinski definition) is 3. The van der Waals surface area contributed by atoms with E-state index in [0.29, 0.717) is 6.61 Å². The van der Waals surface area contributed by atoms with Gasteiger partial charge in [-0.05, 0) is 12.3 Å². The molecule has 1 atom stereocenters. The monoisotopic (exact) mass is 195 g/mol. The Morgan fingerprint density at radius 3 is 2.17 bits per heavy atom. The molecule has 4 heteroatoms. The van der Waals surface area contributed by atoms with Gasteiger partial charge in [-0.15, -0.1) is 12.4 Å². The van der Waals surface area contributed by atoms with E-state index in [2.05, 4.69) is 0 Å². The molecule has 0 aromatic heterocycles. The first kappa shape index (κ1) is 14.3. The van der Waals surface area contributed by atoms with Crippen molar-refractivity contribution < 1.29 is 9.53 Å². The predicted molar refractivity (Wildman–Crippen MR) is 51.3 cm³/mol. The number of hydrogen-bond donors (Lipinski definition) is 1. The Kier molecular flexibility index (Phi) is 6.39. The van der Waals surface area contributed by atoms with Gasteiger partial charge in [-0.3, -0.25) is 4.79 Å².